The molecule has 0 spiro atoms. The molecule has 6 heteroatoms. The molecule has 1 amide bonds. The molecule has 0 unspecified atom stereocenters. The van der Waals surface area contributed by atoms with E-state index in [4.69, 9.17) is 4.74 Å². The number of hydrazine groups is 1. The standard InChI is InChI=1S/C13H26N4O2/c1-3-19-13(18)16-6-4-12(5-7-16)14-17-10-8-15(2)9-11-17/h12,14H,3-11H2,1-2H3. The van der Waals surface area contributed by atoms with Gasteiger partial charge in [-0.25, -0.2) is 9.80 Å². The predicted molar refractivity (Wildman–Crippen MR) is 73.8 cm³/mol. The smallest absolute Gasteiger partial charge is 0.409 e. The Bertz CT molecular complexity index is 284. The van der Waals surface area contributed by atoms with Crippen molar-refractivity contribution in [2.45, 2.75) is 25.8 Å². The largest absolute Gasteiger partial charge is 0.450 e. The first-order chi connectivity index (χ1) is 9.19. The van der Waals surface area contributed by atoms with Crippen LogP contribution < -0.4 is 5.43 Å². The monoisotopic (exact) mass is 270 g/mol. The molecule has 0 saturated carbocycles. The lowest BCUT2D eigenvalue weighted by Crippen LogP contribution is -2.56. The third kappa shape index (κ3) is 4.33. The Kier molecular flexibility index (Phi) is 5.42. The van der Waals surface area contributed by atoms with Crippen molar-refractivity contribution < 1.29 is 9.53 Å². The Balaban J connectivity index is 1.67. The summed E-state index contributed by atoms with van der Waals surface area (Å²) >= 11 is 0. The minimum atomic E-state index is -0.166. The number of rotatable bonds is 3. The van der Waals surface area contributed by atoms with Gasteiger partial charge in [0.15, 0.2) is 0 Å². The molecule has 2 heterocycles. The number of nitrogens with one attached hydrogen (secondary N) is 1. The fraction of sp³-hybridized carbons (Fsp3) is 0.923. The first-order valence-electron chi connectivity index (χ1n) is 7.30. The van der Waals surface area contributed by atoms with Crippen LogP contribution in [0.4, 0.5) is 4.79 Å². The van der Waals surface area contributed by atoms with Gasteiger partial charge in [-0.05, 0) is 26.8 Å². The first kappa shape index (κ1) is 14.6. The number of nitrogens with zero attached hydrogens (tertiary/aromatic N) is 3. The van der Waals surface area contributed by atoms with Crippen molar-refractivity contribution >= 4 is 6.09 Å². The fourth-order valence-corrected chi connectivity index (χ4v) is 2.60. The molecule has 2 fully saturated rings. The van der Waals surface area contributed by atoms with Crippen molar-refractivity contribution in [2.24, 2.45) is 0 Å². The number of ether oxygens (including phenoxy) is 1. The van der Waals surface area contributed by atoms with Gasteiger partial charge in [-0.1, -0.05) is 0 Å². The topological polar surface area (TPSA) is 48.1 Å². The zero-order valence-electron chi connectivity index (χ0n) is 12.1. The summed E-state index contributed by atoms with van der Waals surface area (Å²) in [6, 6.07) is 0.495. The molecule has 19 heavy (non-hydrogen) atoms. The second kappa shape index (κ2) is 7.07. The van der Waals surface area contributed by atoms with Gasteiger partial charge >= 0.3 is 6.09 Å². The lowest BCUT2D eigenvalue weighted by molar-refractivity contribution is 0.0591. The molecular weight excluding hydrogens is 244 g/mol. The van der Waals surface area contributed by atoms with Gasteiger partial charge in [-0.2, -0.15) is 0 Å². The second-order valence-electron chi connectivity index (χ2n) is 5.38. The summed E-state index contributed by atoms with van der Waals surface area (Å²) in [6.07, 6.45) is 1.84. The van der Waals surface area contributed by atoms with Crippen molar-refractivity contribution in [2.75, 3.05) is 52.9 Å². The van der Waals surface area contributed by atoms with E-state index in [0.29, 0.717) is 12.6 Å². The van der Waals surface area contributed by atoms with Crippen molar-refractivity contribution in [1.29, 1.82) is 0 Å². The van der Waals surface area contributed by atoms with E-state index < -0.39 is 0 Å². The Hall–Kier alpha value is -0.850. The summed E-state index contributed by atoms with van der Waals surface area (Å²) in [6.45, 7) is 8.29. The van der Waals surface area contributed by atoms with Crippen LogP contribution in [0, 0.1) is 0 Å². The van der Waals surface area contributed by atoms with Crippen molar-refractivity contribution in [3.63, 3.8) is 0 Å². The van der Waals surface area contributed by atoms with Crippen LogP contribution in [-0.4, -0.2) is 79.9 Å². The van der Waals surface area contributed by atoms with Crippen molar-refractivity contribution in [1.82, 2.24) is 20.2 Å². The van der Waals surface area contributed by atoms with E-state index in [0.717, 1.165) is 52.1 Å². The average molecular weight is 270 g/mol. The van der Waals surface area contributed by atoms with E-state index in [1.807, 2.05) is 11.8 Å². The highest BCUT2D eigenvalue weighted by Crippen LogP contribution is 2.12. The predicted octanol–water partition coefficient (Wildman–Crippen LogP) is 0.359. The highest BCUT2D eigenvalue weighted by atomic mass is 16.6. The Morgan fingerprint density at radius 1 is 1.16 bits per heavy atom. The van der Waals surface area contributed by atoms with E-state index in [1.165, 1.54) is 0 Å². The average Bonchev–Trinajstić information content (AvgIpc) is 2.42. The first-order valence-corrected chi connectivity index (χ1v) is 7.30. The molecule has 2 rings (SSSR count). The summed E-state index contributed by atoms with van der Waals surface area (Å²) in [4.78, 5) is 15.8. The molecular formula is C13H26N4O2. The van der Waals surface area contributed by atoms with Gasteiger partial charge in [0.2, 0.25) is 0 Å². The van der Waals surface area contributed by atoms with Gasteiger partial charge in [0.05, 0.1) is 6.61 Å². The molecule has 6 nitrogen and oxygen atoms in total. The maximum Gasteiger partial charge on any atom is 0.409 e. The Labute approximate surface area is 115 Å². The number of likely N-dealkylation sites (tertiary alicyclic amines) is 1. The fourth-order valence-electron chi connectivity index (χ4n) is 2.60. The third-order valence-corrected chi connectivity index (χ3v) is 3.89. The maximum absolute atomic E-state index is 11.6. The number of piperazine rings is 1. The van der Waals surface area contributed by atoms with Gasteiger partial charge in [0.1, 0.15) is 0 Å². The zero-order valence-corrected chi connectivity index (χ0v) is 12.1. The molecule has 2 aliphatic heterocycles. The number of hydrogen-bond acceptors (Lipinski definition) is 5. The highest BCUT2D eigenvalue weighted by molar-refractivity contribution is 5.67. The van der Waals surface area contributed by atoms with Crippen molar-refractivity contribution in [3.05, 3.63) is 0 Å². The summed E-state index contributed by atoms with van der Waals surface area (Å²) < 4.78 is 5.03. The summed E-state index contributed by atoms with van der Waals surface area (Å²) in [5.74, 6) is 0. The lowest BCUT2D eigenvalue weighted by atomic mass is 10.1. The van der Waals surface area contributed by atoms with Crippen LogP contribution in [0.2, 0.25) is 0 Å². The van der Waals surface area contributed by atoms with Crippen LogP contribution in [-0.2, 0) is 4.74 Å². The van der Waals surface area contributed by atoms with Crippen LogP contribution in [0.3, 0.4) is 0 Å². The molecule has 110 valence electrons. The maximum atomic E-state index is 11.6. The number of carbonyl (C=O) groups excluding carboxylic acids is 1. The summed E-state index contributed by atoms with van der Waals surface area (Å²) in [7, 11) is 2.16. The van der Waals surface area contributed by atoms with Crippen LogP contribution in [0.5, 0.6) is 0 Å². The number of likely N-dealkylation sites (N-methyl/N-ethyl adjacent to an activating group) is 1. The quantitative estimate of drug-likeness (QED) is 0.802. The normalized spacial score (nSPS) is 23.6. The van der Waals surface area contributed by atoms with Gasteiger partial charge in [-0.3, -0.25) is 5.43 Å². The zero-order chi connectivity index (χ0) is 13.7. The minimum Gasteiger partial charge on any atom is -0.450 e. The third-order valence-electron chi connectivity index (χ3n) is 3.89. The molecule has 0 aromatic rings. The molecule has 0 aromatic carbocycles. The molecule has 0 radical (unpaired) electrons. The van der Waals surface area contributed by atoms with E-state index in [1.54, 1.807) is 0 Å². The van der Waals surface area contributed by atoms with Crippen LogP contribution in [0.25, 0.3) is 0 Å². The van der Waals surface area contributed by atoms with Crippen LogP contribution >= 0.6 is 0 Å². The molecule has 0 aromatic heterocycles. The van der Waals surface area contributed by atoms with Gasteiger partial charge in [0, 0.05) is 45.3 Å². The molecule has 2 saturated heterocycles. The second-order valence-corrected chi connectivity index (χ2v) is 5.38. The summed E-state index contributed by atoms with van der Waals surface area (Å²) in [5.41, 5.74) is 3.60. The number of carbonyl (C=O) groups is 1. The SMILES string of the molecule is CCOC(=O)N1CCC(NN2CCN(C)CC2)CC1. The Morgan fingerprint density at radius 2 is 1.79 bits per heavy atom. The van der Waals surface area contributed by atoms with E-state index in [2.05, 4.69) is 22.4 Å². The van der Waals surface area contributed by atoms with Crippen LogP contribution in [0.1, 0.15) is 19.8 Å². The highest BCUT2D eigenvalue weighted by Gasteiger charge is 2.25. The van der Waals surface area contributed by atoms with Gasteiger partial charge in [0.25, 0.3) is 0 Å². The number of hydrogen-bond donors (Lipinski definition) is 1. The number of piperidine rings is 1. The van der Waals surface area contributed by atoms with Gasteiger partial charge < -0.3 is 14.5 Å². The van der Waals surface area contributed by atoms with E-state index >= 15 is 0 Å². The minimum absolute atomic E-state index is 0.166. The van der Waals surface area contributed by atoms with Crippen LogP contribution in [0.15, 0.2) is 0 Å². The van der Waals surface area contributed by atoms with Crippen molar-refractivity contribution in [3.8, 4) is 0 Å². The number of amides is 1. The molecule has 0 atom stereocenters. The van der Waals surface area contributed by atoms with E-state index in [9.17, 15) is 4.79 Å². The lowest BCUT2D eigenvalue weighted by Gasteiger charge is -2.38. The molecule has 0 aliphatic carbocycles. The summed E-state index contributed by atoms with van der Waals surface area (Å²) in [5, 5.41) is 2.32. The van der Waals surface area contributed by atoms with Gasteiger partial charge in [-0.15, -0.1) is 0 Å². The molecule has 2 aliphatic rings. The molecule has 0 bridgehead atoms. The molecule has 1 N–H and O–H groups in total. The Morgan fingerprint density at radius 3 is 2.37 bits per heavy atom. The van der Waals surface area contributed by atoms with E-state index in [-0.39, 0.29) is 6.09 Å².